The third kappa shape index (κ3) is 4.86. The molecule has 0 unspecified atom stereocenters. The van der Waals surface area contributed by atoms with E-state index in [1.54, 1.807) is 24.7 Å². The molecule has 1 aromatic heterocycles. The van der Waals surface area contributed by atoms with Crippen LogP contribution in [0.25, 0.3) is 11.3 Å². The lowest BCUT2D eigenvalue weighted by Crippen LogP contribution is -1.98. The average Bonchev–Trinajstić information content (AvgIpc) is 3.08. The predicted octanol–water partition coefficient (Wildman–Crippen LogP) is 5.36. The average molecular weight is 382 g/mol. The first kappa shape index (κ1) is 18.9. The van der Waals surface area contributed by atoms with Gasteiger partial charge in [0.1, 0.15) is 0 Å². The van der Waals surface area contributed by atoms with Crippen LogP contribution in [0.1, 0.15) is 23.8 Å². The van der Waals surface area contributed by atoms with Gasteiger partial charge in [0.25, 0.3) is 0 Å². The lowest BCUT2D eigenvalue weighted by Gasteiger charge is -2.10. The van der Waals surface area contributed by atoms with Crippen molar-refractivity contribution in [2.24, 2.45) is 5.10 Å². The van der Waals surface area contributed by atoms with E-state index in [9.17, 15) is 0 Å². The molecule has 27 heavy (non-hydrogen) atoms. The molecule has 1 heterocycles. The van der Waals surface area contributed by atoms with Crippen molar-refractivity contribution >= 4 is 22.7 Å². The molecule has 0 radical (unpaired) electrons. The van der Waals surface area contributed by atoms with Crippen molar-refractivity contribution in [3.63, 3.8) is 0 Å². The van der Waals surface area contributed by atoms with Gasteiger partial charge >= 0.3 is 0 Å². The van der Waals surface area contributed by atoms with Crippen LogP contribution in [-0.2, 0) is 0 Å². The molecular weight excluding hydrogens is 358 g/mol. The van der Waals surface area contributed by atoms with Crippen LogP contribution in [0.2, 0.25) is 0 Å². The number of hydrogen-bond acceptors (Lipinski definition) is 6. The minimum atomic E-state index is 0.665. The topological polar surface area (TPSA) is 55.7 Å². The van der Waals surface area contributed by atoms with Crippen LogP contribution in [0.5, 0.6) is 11.5 Å². The summed E-state index contributed by atoms with van der Waals surface area (Å²) in [7, 11) is 1.64. The number of rotatable bonds is 8. The van der Waals surface area contributed by atoms with Gasteiger partial charge in [0.05, 0.1) is 25.6 Å². The number of benzene rings is 2. The first-order chi connectivity index (χ1) is 13.2. The molecular formula is C21H23N3O2S. The summed E-state index contributed by atoms with van der Waals surface area (Å²) in [5.74, 6) is 1.44. The van der Waals surface area contributed by atoms with E-state index >= 15 is 0 Å². The highest BCUT2D eigenvalue weighted by Gasteiger charge is 2.09. The number of aromatic nitrogens is 1. The molecule has 0 bridgehead atoms. The number of thiazole rings is 1. The minimum Gasteiger partial charge on any atom is -0.493 e. The van der Waals surface area contributed by atoms with Gasteiger partial charge in [0.2, 0.25) is 5.13 Å². The molecule has 0 aliphatic carbocycles. The predicted molar refractivity (Wildman–Crippen MR) is 112 cm³/mol. The summed E-state index contributed by atoms with van der Waals surface area (Å²) < 4.78 is 11.1. The van der Waals surface area contributed by atoms with Gasteiger partial charge < -0.3 is 9.47 Å². The smallest absolute Gasteiger partial charge is 0.204 e. The minimum absolute atomic E-state index is 0.665. The number of methoxy groups -OCH3 is 1. The van der Waals surface area contributed by atoms with Crippen LogP contribution in [0.3, 0.4) is 0 Å². The number of hydrogen-bond donors (Lipinski definition) is 1. The number of hydrazone groups is 1. The zero-order valence-corrected chi connectivity index (χ0v) is 16.5. The molecule has 0 saturated carbocycles. The van der Waals surface area contributed by atoms with Gasteiger partial charge in [-0.05, 0) is 37.1 Å². The summed E-state index contributed by atoms with van der Waals surface area (Å²) in [6.45, 7) is 4.80. The zero-order valence-electron chi connectivity index (χ0n) is 15.7. The van der Waals surface area contributed by atoms with Gasteiger partial charge in [-0.2, -0.15) is 5.10 Å². The van der Waals surface area contributed by atoms with Crippen molar-refractivity contribution in [3.8, 4) is 22.8 Å². The highest BCUT2D eigenvalue weighted by Crippen LogP contribution is 2.30. The Morgan fingerprint density at radius 2 is 1.96 bits per heavy atom. The highest BCUT2D eigenvalue weighted by molar-refractivity contribution is 7.15. The molecule has 6 heteroatoms. The summed E-state index contributed by atoms with van der Waals surface area (Å²) in [4.78, 5) is 5.79. The summed E-state index contributed by atoms with van der Waals surface area (Å²) in [5.41, 5.74) is 6.02. The number of aryl methyl sites for hydroxylation is 1. The molecule has 3 rings (SSSR count). The second-order valence-corrected chi connectivity index (χ2v) is 7.12. The van der Waals surface area contributed by atoms with Crippen molar-refractivity contribution in [2.75, 3.05) is 19.1 Å². The van der Waals surface area contributed by atoms with Gasteiger partial charge in [-0.3, -0.25) is 5.43 Å². The largest absolute Gasteiger partial charge is 0.493 e. The van der Waals surface area contributed by atoms with Crippen LogP contribution in [0, 0.1) is 6.92 Å². The van der Waals surface area contributed by atoms with Crippen LogP contribution in [0.15, 0.2) is 53.6 Å². The maximum Gasteiger partial charge on any atom is 0.204 e. The van der Waals surface area contributed by atoms with E-state index in [2.05, 4.69) is 41.5 Å². The monoisotopic (exact) mass is 381 g/mol. The van der Waals surface area contributed by atoms with Crippen molar-refractivity contribution in [3.05, 3.63) is 59.0 Å². The Morgan fingerprint density at radius 1 is 1.15 bits per heavy atom. The van der Waals surface area contributed by atoms with Crippen molar-refractivity contribution in [2.45, 2.75) is 20.3 Å². The third-order valence-corrected chi connectivity index (χ3v) is 4.74. The lowest BCUT2D eigenvalue weighted by atomic mass is 10.1. The Labute approximate surface area is 163 Å². The van der Waals surface area contributed by atoms with Crippen LogP contribution < -0.4 is 14.9 Å². The normalized spacial score (nSPS) is 10.9. The van der Waals surface area contributed by atoms with Gasteiger partial charge in [-0.1, -0.05) is 37.3 Å². The van der Waals surface area contributed by atoms with Crippen molar-refractivity contribution in [1.82, 2.24) is 4.98 Å². The van der Waals surface area contributed by atoms with Crippen LogP contribution in [0.4, 0.5) is 5.13 Å². The molecule has 0 saturated heterocycles. The second-order valence-electron chi connectivity index (χ2n) is 5.92. The lowest BCUT2D eigenvalue weighted by molar-refractivity contribution is 0.294. The summed E-state index contributed by atoms with van der Waals surface area (Å²) in [6.07, 6.45) is 2.69. The van der Waals surface area contributed by atoms with E-state index in [0.717, 1.165) is 39.0 Å². The Hall–Kier alpha value is -2.86. The van der Waals surface area contributed by atoms with Gasteiger partial charge in [-0.25, -0.2) is 4.98 Å². The molecule has 2 aromatic carbocycles. The Morgan fingerprint density at radius 3 is 2.70 bits per heavy atom. The fourth-order valence-corrected chi connectivity index (χ4v) is 3.35. The number of anilines is 1. The maximum absolute atomic E-state index is 5.67. The van der Waals surface area contributed by atoms with E-state index in [1.165, 1.54) is 0 Å². The molecule has 3 aromatic rings. The fourth-order valence-electron chi connectivity index (χ4n) is 2.57. The second kappa shape index (κ2) is 9.19. The first-order valence-electron chi connectivity index (χ1n) is 8.84. The van der Waals surface area contributed by atoms with E-state index in [1.807, 2.05) is 36.4 Å². The molecule has 0 aliphatic rings. The summed E-state index contributed by atoms with van der Waals surface area (Å²) in [6, 6.07) is 15.9. The number of ether oxygens (including phenoxy) is 2. The highest BCUT2D eigenvalue weighted by atomic mass is 32.1. The summed E-state index contributed by atoms with van der Waals surface area (Å²) in [5, 5.41) is 5.07. The van der Waals surface area contributed by atoms with Crippen molar-refractivity contribution in [1.29, 1.82) is 0 Å². The molecule has 140 valence electrons. The molecule has 0 amide bonds. The Bertz CT molecular complexity index is 907. The molecule has 1 N–H and O–H groups in total. The van der Waals surface area contributed by atoms with E-state index in [4.69, 9.17) is 9.47 Å². The Balaban J connectivity index is 1.69. The maximum atomic E-state index is 5.67. The Kier molecular flexibility index (Phi) is 6.44. The molecule has 0 spiro atoms. The molecule has 0 atom stereocenters. The van der Waals surface area contributed by atoms with Crippen molar-refractivity contribution < 1.29 is 9.47 Å². The van der Waals surface area contributed by atoms with E-state index in [0.29, 0.717) is 12.4 Å². The van der Waals surface area contributed by atoms with E-state index in [-0.39, 0.29) is 0 Å². The van der Waals surface area contributed by atoms with Gasteiger partial charge in [0.15, 0.2) is 11.5 Å². The summed E-state index contributed by atoms with van der Waals surface area (Å²) >= 11 is 1.58. The molecule has 5 nitrogen and oxygen atoms in total. The first-order valence-corrected chi connectivity index (χ1v) is 9.65. The van der Waals surface area contributed by atoms with Crippen LogP contribution >= 0.6 is 11.3 Å². The number of nitrogens with zero attached hydrogens (tertiary/aromatic N) is 2. The standard InChI is InChI=1S/C21H23N3O2S/c1-4-12-26-18-11-10-16(13-19(18)25-3)14-22-24-21-23-20(15(2)27-21)17-8-6-5-7-9-17/h5-11,13-14H,4,12H2,1-3H3,(H,23,24)/b22-14+. The zero-order chi connectivity index (χ0) is 19.1. The molecule has 0 fully saturated rings. The fraction of sp³-hybridized carbons (Fsp3) is 0.238. The van der Waals surface area contributed by atoms with Crippen LogP contribution in [-0.4, -0.2) is 24.9 Å². The van der Waals surface area contributed by atoms with Gasteiger partial charge in [-0.15, -0.1) is 11.3 Å². The quantitative estimate of drug-likeness (QED) is 0.421. The number of nitrogens with one attached hydrogen (secondary N) is 1. The SMILES string of the molecule is CCCOc1ccc(/C=N/Nc2nc(-c3ccccc3)c(C)s2)cc1OC. The van der Waals surface area contributed by atoms with E-state index < -0.39 is 0 Å². The van der Waals surface area contributed by atoms with Gasteiger partial charge in [0, 0.05) is 10.4 Å². The third-order valence-electron chi connectivity index (χ3n) is 3.87. The molecule has 0 aliphatic heterocycles.